The van der Waals surface area contributed by atoms with E-state index in [0.29, 0.717) is 11.8 Å². The number of benzene rings is 2. The van der Waals surface area contributed by atoms with Gasteiger partial charge in [0.1, 0.15) is 5.75 Å². The van der Waals surface area contributed by atoms with E-state index < -0.39 is 0 Å². The fourth-order valence-corrected chi connectivity index (χ4v) is 2.49. The number of phenols is 1. The van der Waals surface area contributed by atoms with Gasteiger partial charge in [-0.25, -0.2) is 0 Å². The summed E-state index contributed by atoms with van der Waals surface area (Å²) >= 11 is 0. The monoisotopic (exact) mass is 347 g/mol. The third kappa shape index (κ3) is 6.61. The summed E-state index contributed by atoms with van der Waals surface area (Å²) in [4.78, 5) is 21.3. The number of carbonyl (C=O) groups excluding carboxylic acids is 2. The van der Waals surface area contributed by atoms with Crippen LogP contribution in [0.2, 0.25) is 0 Å². The minimum atomic E-state index is -0.0538. The molecule has 1 saturated carbocycles. The molecule has 24 heavy (non-hydrogen) atoms. The predicted octanol–water partition coefficient (Wildman–Crippen LogP) is 1.49. The first-order chi connectivity index (χ1) is 11.2. The molecule has 1 N–H and O–H groups in total. The molecule has 2 aromatic carbocycles. The van der Waals surface area contributed by atoms with Gasteiger partial charge < -0.3 is 16.3 Å². The van der Waals surface area contributed by atoms with Gasteiger partial charge in [-0.2, -0.15) is 30.5 Å². The van der Waals surface area contributed by atoms with Crippen LogP contribution >= 0.6 is 0 Å². The number of carbonyl (C=O) groups is 1. The van der Waals surface area contributed by atoms with E-state index in [0.717, 1.165) is 11.1 Å². The zero-order valence-electron chi connectivity index (χ0n) is 14.0. The van der Waals surface area contributed by atoms with Crippen LogP contribution in [0.5, 0.6) is 5.75 Å². The number of hydrogen-bond acceptors (Lipinski definition) is 3. The molecular weight excluding hydrogens is 327 g/mol. The number of phenolic OH excluding ortho intramolecular Hbond substituents is 1. The molecule has 0 heterocycles. The maximum Gasteiger partial charge on any atom is 1.00 e. The average molecular weight is 347 g/mol. The van der Waals surface area contributed by atoms with Crippen molar-refractivity contribution in [3.63, 3.8) is 0 Å². The summed E-state index contributed by atoms with van der Waals surface area (Å²) in [5, 5.41) is 9.39. The predicted molar refractivity (Wildman–Crippen MR) is 91.1 cm³/mol. The Labute approximate surface area is 185 Å². The van der Waals surface area contributed by atoms with E-state index in [4.69, 9.17) is 0 Å². The van der Waals surface area contributed by atoms with Crippen LogP contribution in [0.4, 0.5) is 0 Å². The summed E-state index contributed by atoms with van der Waals surface area (Å²) in [5.41, 5.74) is 2.24. The zero-order valence-corrected chi connectivity index (χ0v) is 17.1. The first-order valence-corrected chi connectivity index (χ1v) is 7.83. The van der Waals surface area contributed by atoms with E-state index in [1.165, 1.54) is 38.2 Å². The molecule has 0 atom stereocenters. The smallest absolute Gasteiger partial charge is 0.507 e. The maximum absolute atomic E-state index is 10.7. The molecule has 0 saturated heterocycles. The summed E-state index contributed by atoms with van der Waals surface area (Å²) in [6.45, 7) is 0. The first kappa shape index (κ1) is 21.3. The van der Waals surface area contributed by atoms with Crippen molar-refractivity contribution in [1.82, 2.24) is 0 Å². The normalized spacial score (nSPS) is 13.0. The van der Waals surface area contributed by atoms with Gasteiger partial charge in [0.05, 0.1) is 11.8 Å². The van der Waals surface area contributed by atoms with Crippen molar-refractivity contribution in [1.29, 1.82) is 0 Å². The molecule has 0 unspecified atom stereocenters. The minimum absolute atomic E-state index is 0. The molecule has 120 valence electrons. The molecule has 0 radical (unpaired) electrons. The van der Waals surface area contributed by atoms with Gasteiger partial charge in [0.25, 0.3) is 0 Å². The van der Waals surface area contributed by atoms with E-state index in [1.807, 2.05) is 12.4 Å². The second-order valence-electron chi connectivity index (χ2n) is 5.50. The van der Waals surface area contributed by atoms with Crippen LogP contribution in [0.15, 0.2) is 42.5 Å². The molecule has 3 nitrogen and oxygen atoms in total. The van der Waals surface area contributed by atoms with Crippen LogP contribution < -0.4 is 51.4 Å². The SMILES string of the molecule is O=[C-]c1cccc(-c2ccc(O)c(C=O)c2)c1.[CH-]1CCCCC1.[K+]. The van der Waals surface area contributed by atoms with Crippen molar-refractivity contribution >= 4 is 12.6 Å². The Morgan fingerprint density at radius 1 is 1.00 bits per heavy atom. The van der Waals surface area contributed by atoms with E-state index in [2.05, 4.69) is 6.42 Å². The zero-order chi connectivity index (χ0) is 16.5. The summed E-state index contributed by atoms with van der Waals surface area (Å²) in [7, 11) is 0. The fraction of sp³-hybridized carbons (Fsp3) is 0.250. The Morgan fingerprint density at radius 2 is 1.71 bits per heavy atom. The Hall–Kier alpha value is -0.784. The van der Waals surface area contributed by atoms with Crippen molar-refractivity contribution < 1.29 is 66.1 Å². The van der Waals surface area contributed by atoms with Gasteiger partial charge in [-0.3, -0.25) is 4.79 Å². The largest absolute Gasteiger partial charge is 1.00 e. The molecule has 0 amide bonds. The van der Waals surface area contributed by atoms with Crippen molar-refractivity contribution in [2.75, 3.05) is 0 Å². The van der Waals surface area contributed by atoms with Crippen LogP contribution in [0.3, 0.4) is 0 Å². The molecular formula is C20H20KO3-. The molecule has 3 rings (SSSR count). The second kappa shape index (κ2) is 11.7. The number of aromatic hydroxyl groups is 1. The van der Waals surface area contributed by atoms with E-state index in [-0.39, 0.29) is 62.7 Å². The Bertz CT molecular complexity index is 652. The van der Waals surface area contributed by atoms with Gasteiger partial charge >= 0.3 is 51.4 Å². The molecule has 0 aromatic heterocycles. The quantitative estimate of drug-likeness (QED) is 0.520. The Kier molecular flexibility index (Phi) is 10.4. The molecule has 0 bridgehead atoms. The molecule has 4 heteroatoms. The summed E-state index contributed by atoms with van der Waals surface area (Å²) in [6.07, 6.45) is 11.9. The van der Waals surface area contributed by atoms with Gasteiger partial charge in [-0.05, 0) is 17.7 Å². The first-order valence-electron chi connectivity index (χ1n) is 7.83. The summed E-state index contributed by atoms with van der Waals surface area (Å²) in [6, 6.07) is 11.6. The van der Waals surface area contributed by atoms with Crippen molar-refractivity contribution in [3.8, 4) is 16.9 Å². The van der Waals surface area contributed by atoms with Crippen LogP contribution in [0, 0.1) is 6.42 Å². The van der Waals surface area contributed by atoms with Crippen LogP contribution in [0.1, 0.15) is 48.0 Å². The standard InChI is InChI=1S/C14H9O3.C6H11.K/c15-8-10-2-1-3-11(6-10)12-4-5-14(17)13(7-12)9-16;1-2-4-6-5-3-1;/h1-7,9,17H;1H,2-6H2;/q2*-1;+1. The van der Waals surface area contributed by atoms with Crippen LogP contribution in [0.25, 0.3) is 11.1 Å². The van der Waals surface area contributed by atoms with E-state index >= 15 is 0 Å². The van der Waals surface area contributed by atoms with E-state index in [1.54, 1.807) is 30.3 Å². The summed E-state index contributed by atoms with van der Waals surface area (Å²) in [5.74, 6) is -0.0538. The third-order valence-corrected chi connectivity index (χ3v) is 3.78. The fourth-order valence-electron chi connectivity index (χ4n) is 2.49. The number of hydrogen-bond donors (Lipinski definition) is 1. The maximum atomic E-state index is 10.7. The number of rotatable bonds is 3. The van der Waals surface area contributed by atoms with Gasteiger partial charge in [0.15, 0.2) is 6.29 Å². The van der Waals surface area contributed by atoms with Crippen LogP contribution in [-0.4, -0.2) is 17.7 Å². The molecule has 2 aromatic rings. The van der Waals surface area contributed by atoms with Gasteiger partial charge in [0, 0.05) is 0 Å². The summed E-state index contributed by atoms with van der Waals surface area (Å²) < 4.78 is 0. The van der Waals surface area contributed by atoms with Crippen LogP contribution in [-0.2, 0) is 4.79 Å². The second-order valence-corrected chi connectivity index (χ2v) is 5.50. The Morgan fingerprint density at radius 3 is 2.25 bits per heavy atom. The third-order valence-electron chi connectivity index (χ3n) is 3.78. The minimum Gasteiger partial charge on any atom is -0.507 e. The van der Waals surface area contributed by atoms with Crippen molar-refractivity contribution in [2.24, 2.45) is 0 Å². The average Bonchev–Trinajstić information content (AvgIpc) is 2.64. The van der Waals surface area contributed by atoms with Gasteiger partial charge in [-0.15, -0.1) is 6.07 Å². The van der Waals surface area contributed by atoms with Crippen molar-refractivity contribution in [2.45, 2.75) is 32.1 Å². The molecule has 1 aliphatic carbocycles. The molecule has 0 spiro atoms. The van der Waals surface area contributed by atoms with Gasteiger partial charge in [0.2, 0.25) is 0 Å². The molecule has 1 aliphatic rings. The van der Waals surface area contributed by atoms with E-state index in [9.17, 15) is 14.7 Å². The molecule has 1 fully saturated rings. The molecule has 0 aliphatic heterocycles. The topological polar surface area (TPSA) is 54.4 Å². The Balaban J connectivity index is 0.000000349. The van der Waals surface area contributed by atoms with Crippen molar-refractivity contribution in [3.05, 3.63) is 60.0 Å². The van der Waals surface area contributed by atoms with Gasteiger partial charge in [-0.1, -0.05) is 37.0 Å². The number of aldehydes is 1.